The second-order valence-corrected chi connectivity index (χ2v) is 6.57. The largest absolute Gasteiger partial charge is 0.492 e. The van der Waals surface area contributed by atoms with E-state index in [1.165, 1.54) is 0 Å². The van der Waals surface area contributed by atoms with Gasteiger partial charge >= 0.3 is 0 Å². The molecule has 0 saturated carbocycles. The smallest absolute Gasteiger partial charge is 0.249 e. The van der Waals surface area contributed by atoms with Gasteiger partial charge in [-0.3, -0.25) is 10.1 Å². The molecule has 0 aliphatic carbocycles. The molecule has 1 fully saturated rings. The van der Waals surface area contributed by atoms with Crippen molar-refractivity contribution in [1.29, 1.82) is 0 Å². The standard InChI is InChI=1S/C19H23N5O3/c1-3-15-18(25)22-19-21-14-5-6-16(17(26-2)13(14)11-24(15)19)27-10-4-8-23-9-7-20-12-23/h5-7,9,12,15H,3-4,8,10-11H2,1-2H3,(H,21,22,25). The summed E-state index contributed by atoms with van der Waals surface area (Å²) in [6, 6.07) is 3.60. The Labute approximate surface area is 157 Å². The van der Waals surface area contributed by atoms with Crippen LogP contribution in [0.25, 0.3) is 0 Å². The number of methoxy groups -OCH3 is 1. The second kappa shape index (κ2) is 7.30. The molecular formula is C19H23N5O3. The van der Waals surface area contributed by atoms with Gasteiger partial charge in [0.2, 0.25) is 11.9 Å². The minimum atomic E-state index is -0.193. The lowest BCUT2D eigenvalue weighted by Crippen LogP contribution is -2.36. The lowest BCUT2D eigenvalue weighted by atomic mass is 10.1. The molecule has 142 valence electrons. The van der Waals surface area contributed by atoms with Crippen LogP contribution in [-0.2, 0) is 17.9 Å². The van der Waals surface area contributed by atoms with Crippen molar-refractivity contribution in [2.45, 2.75) is 38.9 Å². The van der Waals surface area contributed by atoms with Crippen LogP contribution in [0.3, 0.4) is 0 Å². The number of nitrogens with zero attached hydrogens (tertiary/aromatic N) is 4. The first-order chi connectivity index (χ1) is 13.2. The lowest BCUT2D eigenvalue weighted by molar-refractivity contribution is -0.121. The Morgan fingerprint density at radius 1 is 1.37 bits per heavy atom. The molecule has 2 aliphatic heterocycles. The highest BCUT2D eigenvalue weighted by molar-refractivity contribution is 6.07. The topological polar surface area (TPSA) is 81.0 Å². The van der Waals surface area contributed by atoms with Gasteiger partial charge in [0.05, 0.1) is 32.3 Å². The zero-order valence-corrected chi connectivity index (χ0v) is 15.5. The number of imidazole rings is 1. The molecule has 0 bridgehead atoms. The summed E-state index contributed by atoms with van der Waals surface area (Å²) in [5.41, 5.74) is 1.75. The fraction of sp³-hybridized carbons (Fsp3) is 0.421. The van der Waals surface area contributed by atoms with Gasteiger partial charge in [0, 0.05) is 24.5 Å². The average Bonchev–Trinajstić information content (AvgIpc) is 3.29. The molecule has 2 aromatic rings. The lowest BCUT2D eigenvalue weighted by Gasteiger charge is -2.28. The third kappa shape index (κ3) is 3.22. The number of amides is 1. The van der Waals surface area contributed by atoms with E-state index in [1.54, 1.807) is 19.6 Å². The average molecular weight is 369 g/mol. The Bertz CT molecular complexity index is 862. The molecule has 8 nitrogen and oxygen atoms in total. The van der Waals surface area contributed by atoms with Crippen molar-refractivity contribution in [3.63, 3.8) is 0 Å². The zero-order valence-electron chi connectivity index (χ0n) is 15.5. The summed E-state index contributed by atoms with van der Waals surface area (Å²) < 4.78 is 13.6. The number of aryl methyl sites for hydroxylation is 1. The fourth-order valence-corrected chi connectivity index (χ4v) is 3.56. The molecule has 1 N–H and O–H groups in total. The van der Waals surface area contributed by atoms with Crippen molar-refractivity contribution in [1.82, 2.24) is 19.8 Å². The molecule has 0 spiro atoms. The Kier molecular flexibility index (Phi) is 4.70. The third-order valence-electron chi connectivity index (χ3n) is 4.91. The summed E-state index contributed by atoms with van der Waals surface area (Å²) in [7, 11) is 1.64. The number of ether oxygens (including phenoxy) is 2. The van der Waals surface area contributed by atoms with E-state index >= 15 is 0 Å². The van der Waals surface area contributed by atoms with Gasteiger partial charge in [0.25, 0.3) is 0 Å². The van der Waals surface area contributed by atoms with Crippen molar-refractivity contribution in [2.24, 2.45) is 4.99 Å². The molecule has 1 saturated heterocycles. The van der Waals surface area contributed by atoms with Gasteiger partial charge in [0.15, 0.2) is 11.5 Å². The van der Waals surface area contributed by atoms with Gasteiger partial charge in [0.1, 0.15) is 6.04 Å². The van der Waals surface area contributed by atoms with Gasteiger partial charge in [-0.15, -0.1) is 0 Å². The first-order valence-corrected chi connectivity index (χ1v) is 9.16. The van der Waals surface area contributed by atoms with E-state index in [2.05, 4.69) is 15.3 Å². The zero-order chi connectivity index (χ0) is 18.8. The van der Waals surface area contributed by atoms with Crippen LogP contribution in [-0.4, -0.2) is 46.1 Å². The second-order valence-electron chi connectivity index (χ2n) is 6.57. The molecule has 1 unspecified atom stereocenters. The molecule has 27 heavy (non-hydrogen) atoms. The van der Waals surface area contributed by atoms with Crippen LogP contribution >= 0.6 is 0 Å². The Hall–Kier alpha value is -3.03. The molecule has 1 amide bonds. The molecule has 1 atom stereocenters. The number of benzene rings is 1. The number of hydrogen-bond donors (Lipinski definition) is 1. The Morgan fingerprint density at radius 3 is 3.00 bits per heavy atom. The number of aliphatic imine (C=N–C) groups is 1. The van der Waals surface area contributed by atoms with E-state index in [0.29, 0.717) is 30.6 Å². The highest BCUT2D eigenvalue weighted by Gasteiger charge is 2.39. The maximum atomic E-state index is 12.1. The SMILES string of the molecule is CCC1C(=O)NC2=Nc3ccc(OCCCn4ccnc4)c(OC)c3CN21. The van der Waals surface area contributed by atoms with E-state index in [9.17, 15) is 4.79 Å². The normalized spacial score (nSPS) is 17.9. The summed E-state index contributed by atoms with van der Waals surface area (Å²) in [6.07, 6.45) is 7.09. The monoisotopic (exact) mass is 369 g/mol. The maximum Gasteiger partial charge on any atom is 0.249 e. The summed E-state index contributed by atoms with van der Waals surface area (Å²) in [5.74, 6) is 2.01. The van der Waals surface area contributed by atoms with Crippen LogP contribution in [0.5, 0.6) is 11.5 Å². The highest BCUT2D eigenvalue weighted by atomic mass is 16.5. The predicted octanol–water partition coefficient (Wildman–Crippen LogP) is 2.07. The molecule has 1 aromatic heterocycles. The predicted molar refractivity (Wildman–Crippen MR) is 100 cm³/mol. The summed E-state index contributed by atoms with van der Waals surface area (Å²) in [4.78, 5) is 22.8. The van der Waals surface area contributed by atoms with Crippen LogP contribution in [0.2, 0.25) is 0 Å². The first kappa shape index (κ1) is 17.4. The van der Waals surface area contributed by atoms with Gasteiger partial charge < -0.3 is 18.9 Å². The number of carbonyl (C=O) groups excluding carboxylic acids is 1. The van der Waals surface area contributed by atoms with E-state index in [-0.39, 0.29) is 11.9 Å². The Balaban J connectivity index is 1.50. The third-order valence-corrected chi connectivity index (χ3v) is 4.91. The molecule has 4 rings (SSSR count). The molecule has 8 heteroatoms. The van der Waals surface area contributed by atoms with Crippen LogP contribution in [0, 0.1) is 0 Å². The van der Waals surface area contributed by atoms with Gasteiger partial charge in [-0.2, -0.15) is 0 Å². The van der Waals surface area contributed by atoms with E-state index in [0.717, 1.165) is 30.6 Å². The van der Waals surface area contributed by atoms with Gasteiger partial charge in [-0.05, 0) is 25.0 Å². The number of guanidine groups is 1. The molecule has 0 radical (unpaired) electrons. The minimum Gasteiger partial charge on any atom is -0.492 e. The van der Waals surface area contributed by atoms with Crippen molar-refractivity contribution in [3.05, 3.63) is 36.4 Å². The van der Waals surface area contributed by atoms with Crippen LogP contribution in [0.15, 0.2) is 35.8 Å². The van der Waals surface area contributed by atoms with Crippen molar-refractivity contribution >= 4 is 17.6 Å². The summed E-state index contributed by atoms with van der Waals surface area (Å²) in [5, 5.41) is 2.86. The van der Waals surface area contributed by atoms with E-state index in [4.69, 9.17) is 9.47 Å². The molecular weight excluding hydrogens is 346 g/mol. The fourth-order valence-electron chi connectivity index (χ4n) is 3.56. The highest BCUT2D eigenvalue weighted by Crippen LogP contribution is 2.41. The molecule has 3 heterocycles. The minimum absolute atomic E-state index is 0.000928. The number of hydrogen-bond acceptors (Lipinski definition) is 6. The maximum absolute atomic E-state index is 12.1. The van der Waals surface area contributed by atoms with Crippen molar-refractivity contribution in [2.75, 3.05) is 13.7 Å². The number of carbonyl (C=O) groups is 1. The molecule has 1 aromatic carbocycles. The van der Waals surface area contributed by atoms with Crippen molar-refractivity contribution in [3.8, 4) is 11.5 Å². The van der Waals surface area contributed by atoms with Crippen LogP contribution in [0.4, 0.5) is 5.69 Å². The number of aromatic nitrogens is 2. The van der Waals surface area contributed by atoms with E-state index in [1.807, 2.05) is 34.7 Å². The summed E-state index contributed by atoms with van der Waals surface area (Å²) >= 11 is 0. The quantitative estimate of drug-likeness (QED) is 0.756. The summed E-state index contributed by atoms with van der Waals surface area (Å²) in [6.45, 7) is 3.99. The first-order valence-electron chi connectivity index (χ1n) is 9.16. The van der Waals surface area contributed by atoms with Crippen molar-refractivity contribution < 1.29 is 14.3 Å². The van der Waals surface area contributed by atoms with Gasteiger partial charge in [-0.1, -0.05) is 6.92 Å². The number of nitrogens with one attached hydrogen (secondary N) is 1. The number of rotatable bonds is 7. The number of fused-ring (bicyclic) bond motifs is 2. The van der Waals surface area contributed by atoms with Crippen LogP contribution < -0.4 is 14.8 Å². The molecule has 2 aliphatic rings. The van der Waals surface area contributed by atoms with Gasteiger partial charge in [-0.25, -0.2) is 9.98 Å². The van der Waals surface area contributed by atoms with Crippen LogP contribution in [0.1, 0.15) is 25.3 Å². The Morgan fingerprint density at radius 2 is 2.26 bits per heavy atom. The van der Waals surface area contributed by atoms with E-state index < -0.39 is 0 Å².